The van der Waals surface area contributed by atoms with Crippen molar-refractivity contribution in [2.45, 2.75) is 61.0 Å². The molecule has 1 saturated carbocycles. The predicted octanol–water partition coefficient (Wildman–Crippen LogP) is 3.02. The highest BCUT2D eigenvalue weighted by molar-refractivity contribution is 8.00. The molecule has 0 radical (unpaired) electrons. The Morgan fingerprint density at radius 1 is 1.22 bits per heavy atom. The molecule has 1 heterocycles. The number of benzene rings is 1. The third-order valence-corrected chi connectivity index (χ3v) is 6.82. The molecule has 1 amide bonds. The first-order chi connectivity index (χ1) is 12.8. The lowest BCUT2D eigenvalue weighted by atomic mass is 10.3. The van der Waals surface area contributed by atoms with Gasteiger partial charge in [0.15, 0.2) is 5.16 Å². The van der Waals surface area contributed by atoms with Gasteiger partial charge in [0.1, 0.15) is 0 Å². The van der Waals surface area contributed by atoms with Crippen molar-refractivity contribution in [2.24, 2.45) is 0 Å². The summed E-state index contributed by atoms with van der Waals surface area (Å²) >= 11 is 1.42. The second kappa shape index (κ2) is 8.04. The van der Waals surface area contributed by atoms with E-state index in [1.54, 1.807) is 32.2 Å². The molecule has 1 aliphatic carbocycles. The van der Waals surface area contributed by atoms with E-state index in [1.807, 2.05) is 13.1 Å². The minimum atomic E-state index is -3.54. The fourth-order valence-corrected chi connectivity index (χ4v) is 4.76. The zero-order chi connectivity index (χ0) is 19.6. The van der Waals surface area contributed by atoms with Crippen molar-refractivity contribution in [3.63, 3.8) is 0 Å². The molecule has 1 aromatic carbocycles. The minimum absolute atomic E-state index is 0.152. The van der Waals surface area contributed by atoms with Crippen molar-refractivity contribution in [2.75, 3.05) is 5.32 Å². The van der Waals surface area contributed by atoms with Crippen molar-refractivity contribution < 1.29 is 13.2 Å². The zero-order valence-corrected chi connectivity index (χ0v) is 17.2. The van der Waals surface area contributed by atoms with Crippen LogP contribution in [0.2, 0.25) is 0 Å². The SMILES string of the molecule is CC(C)NS(=O)(=O)c1ccc(NC(=O)C(C)Sc2nccn2C2CC2)cc1. The molecule has 0 saturated heterocycles. The van der Waals surface area contributed by atoms with Gasteiger partial charge < -0.3 is 9.88 Å². The molecule has 1 fully saturated rings. The molecule has 0 spiro atoms. The molecule has 2 N–H and O–H groups in total. The minimum Gasteiger partial charge on any atom is -0.325 e. The third kappa shape index (κ3) is 5.12. The number of aromatic nitrogens is 2. The van der Waals surface area contributed by atoms with Gasteiger partial charge in [-0.3, -0.25) is 4.79 Å². The smallest absolute Gasteiger partial charge is 0.240 e. The number of sulfonamides is 1. The van der Waals surface area contributed by atoms with E-state index < -0.39 is 10.0 Å². The molecule has 27 heavy (non-hydrogen) atoms. The summed E-state index contributed by atoms with van der Waals surface area (Å²) in [6, 6.07) is 6.48. The fourth-order valence-electron chi connectivity index (χ4n) is 2.57. The quantitative estimate of drug-likeness (QED) is 0.655. The monoisotopic (exact) mass is 408 g/mol. The summed E-state index contributed by atoms with van der Waals surface area (Å²) < 4.78 is 28.9. The first-order valence-corrected chi connectivity index (χ1v) is 11.3. The van der Waals surface area contributed by atoms with Crippen LogP contribution in [0.25, 0.3) is 0 Å². The number of nitrogens with one attached hydrogen (secondary N) is 2. The maximum absolute atomic E-state index is 12.5. The Hall–Kier alpha value is -1.84. The maximum Gasteiger partial charge on any atom is 0.240 e. The van der Waals surface area contributed by atoms with E-state index in [0.29, 0.717) is 11.7 Å². The summed E-state index contributed by atoms with van der Waals surface area (Å²) in [5.74, 6) is -0.152. The number of carbonyl (C=O) groups is 1. The Balaban J connectivity index is 1.61. The third-order valence-electron chi connectivity index (χ3n) is 4.05. The average Bonchev–Trinajstić information content (AvgIpc) is 3.33. The highest BCUT2D eigenvalue weighted by Crippen LogP contribution is 2.38. The van der Waals surface area contributed by atoms with Crippen molar-refractivity contribution in [1.29, 1.82) is 0 Å². The normalized spacial score (nSPS) is 15.7. The largest absolute Gasteiger partial charge is 0.325 e. The molecule has 1 aliphatic rings. The molecule has 0 aliphatic heterocycles. The molecule has 1 unspecified atom stereocenters. The molecule has 9 heteroatoms. The van der Waals surface area contributed by atoms with Gasteiger partial charge in [0.25, 0.3) is 0 Å². The number of anilines is 1. The maximum atomic E-state index is 12.5. The summed E-state index contributed by atoms with van der Waals surface area (Å²) in [5.41, 5.74) is 0.557. The van der Waals surface area contributed by atoms with Crippen LogP contribution in [0.3, 0.4) is 0 Å². The van der Waals surface area contributed by atoms with Gasteiger partial charge in [-0.05, 0) is 57.9 Å². The Morgan fingerprint density at radius 3 is 2.48 bits per heavy atom. The van der Waals surface area contributed by atoms with E-state index in [-0.39, 0.29) is 22.1 Å². The van der Waals surface area contributed by atoms with Gasteiger partial charge in [-0.15, -0.1) is 0 Å². The molecule has 2 aromatic rings. The lowest BCUT2D eigenvalue weighted by Crippen LogP contribution is -2.30. The van der Waals surface area contributed by atoms with Gasteiger partial charge in [0.2, 0.25) is 15.9 Å². The first kappa shape index (κ1) is 19.9. The molecule has 146 valence electrons. The zero-order valence-electron chi connectivity index (χ0n) is 15.5. The van der Waals surface area contributed by atoms with E-state index in [9.17, 15) is 13.2 Å². The van der Waals surface area contributed by atoms with E-state index in [2.05, 4.69) is 19.6 Å². The molecule has 3 rings (SSSR count). The van der Waals surface area contributed by atoms with Crippen molar-refractivity contribution in [3.05, 3.63) is 36.7 Å². The number of nitrogens with zero attached hydrogens (tertiary/aromatic N) is 2. The van der Waals surface area contributed by atoms with Crippen LogP contribution in [-0.4, -0.2) is 35.2 Å². The van der Waals surface area contributed by atoms with Gasteiger partial charge in [0.05, 0.1) is 10.1 Å². The van der Waals surface area contributed by atoms with Crippen LogP contribution in [0.1, 0.15) is 39.7 Å². The molecular formula is C18H24N4O3S2. The van der Waals surface area contributed by atoms with Crippen LogP contribution in [-0.2, 0) is 14.8 Å². The first-order valence-electron chi connectivity index (χ1n) is 8.89. The number of rotatable bonds is 8. The number of imidazole rings is 1. The summed E-state index contributed by atoms with van der Waals surface area (Å²) in [6.07, 6.45) is 6.03. The van der Waals surface area contributed by atoms with Crippen LogP contribution in [0, 0.1) is 0 Å². The second-order valence-electron chi connectivity index (χ2n) is 6.90. The number of hydrogen-bond acceptors (Lipinski definition) is 5. The van der Waals surface area contributed by atoms with E-state index >= 15 is 0 Å². The number of carbonyl (C=O) groups excluding carboxylic acids is 1. The van der Waals surface area contributed by atoms with Crippen molar-refractivity contribution >= 4 is 33.4 Å². The summed E-state index contributed by atoms with van der Waals surface area (Å²) in [5, 5.41) is 3.35. The van der Waals surface area contributed by atoms with E-state index in [1.165, 1.54) is 23.9 Å². The molecule has 0 bridgehead atoms. The summed E-state index contributed by atoms with van der Waals surface area (Å²) in [4.78, 5) is 17.0. The fraction of sp³-hybridized carbons (Fsp3) is 0.444. The van der Waals surface area contributed by atoms with E-state index in [4.69, 9.17) is 0 Å². The van der Waals surface area contributed by atoms with Crippen LogP contribution in [0.5, 0.6) is 0 Å². The lowest BCUT2D eigenvalue weighted by molar-refractivity contribution is -0.115. The number of amides is 1. The molecule has 1 atom stereocenters. The highest BCUT2D eigenvalue weighted by atomic mass is 32.2. The molecule has 1 aromatic heterocycles. The van der Waals surface area contributed by atoms with Gasteiger partial charge >= 0.3 is 0 Å². The Bertz CT molecular complexity index is 903. The van der Waals surface area contributed by atoms with Crippen molar-refractivity contribution in [3.8, 4) is 0 Å². The molecule has 7 nitrogen and oxygen atoms in total. The number of thioether (sulfide) groups is 1. The van der Waals surface area contributed by atoms with Crippen LogP contribution >= 0.6 is 11.8 Å². The molecular weight excluding hydrogens is 384 g/mol. The second-order valence-corrected chi connectivity index (χ2v) is 9.92. The average molecular weight is 409 g/mol. The van der Waals surface area contributed by atoms with E-state index in [0.717, 1.165) is 18.0 Å². The van der Waals surface area contributed by atoms with Gasteiger partial charge in [0, 0.05) is 30.2 Å². The Morgan fingerprint density at radius 2 is 1.89 bits per heavy atom. The Labute approximate surface area is 164 Å². The lowest BCUT2D eigenvalue weighted by Gasteiger charge is -2.13. The summed E-state index contributed by atoms with van der Waals surface area (Å²) in [7, 11) is -3.54. The number of hydrogen-bond donors (Lipinski definition) is 2. The summed E-state index contributed by atoms with van der Waals surface area (Å²) in [6.45, 7) is 5.36. The Kier molecular flexibility index (Phi) is 5.92. The van der Waals surface area contributed by atoms with Gasteiger partial charge in [-0.25, -0.2) is 18.1 Å². The predicted molar refractivity (Wildman–Crippen MR) is 106 cm³/mol. The van der Waals surface area contributed by atoms with Gasteiger partial charge in [-0.1, -0.05) is 11.8 Å². The highest BCUT2D eigenvalue weighted by Gasteiger charge is 2.27. The van der Waals surface area contributed by atoms with Gasteiger partial charge in [-0.2, -0.15) is 0 Å². The van der Waals surface area contributed by atoms with Crippen LogP contribution < -0.4 is 10.0 Å². The van der Waals surface area contributed by atoms with Crippen LogP contribution in [0.4, 0.5) is 5.69 Å². The topological polar surface area (TPSA) is 93.1 Å². The van der Waals surface area contributed by atoms with Crippen molar-refractivity contribution in [1.82, 2.24) is 14.3 Å². The standard InChI is InChI=1S/C18H24N4O3S2/c1-12(2)21-27(24,25)16-8-4-14(5-9-16)20-17(23)13(3)26-18-19-10-11-22(18)15-6-7-15/h4-5,8-13,15,21H,6-7H2,1-3H3,(H,20,23). The van der Waals surface area contributed by atoms with Crippen LogP contribution in [0.15, 0.2) is 46.7 Å².